The fraction of sp³-hybridized carbons (Fsp3) is 0.267. The van der Waals surface area contributed by atoms with E-state index in [-0.39, 0.29) is 17.1 Å². The summed E-state index contributed by atoms with van der Waals surface area (Å²) in [4.78, 5) is 26.9. The molecule has 1 aliphatic rings. The molecule has 1 aliphatic heterocycles. The van der Waals surface area contributed by atoms with Crippen LogP contribution in [0.4, 0.5) is 0 Å². The molecule has 40 heavy (non-hydrogen) atoms. The van der Waals surface area contributed by atoms with Crippen LogP contribution in [0.3, 0.4) is 0 Å². The number of ketones is 1. The Hall–Kier alpha value is -4.86. The highest BCUT2D eigenvalue weighted by Crippen LogP contribution is 2.46. The summed E-state index contributed by atoms with van der Waals surface area (Å²) >= 11 is 0. The third kappa shape index (κ3) is 5.61. The Bertz CT molecular complexity index is 1390. The minimum atomic E-state index is -1.37. The van der Waals surface area contributed by atoms with Crippen LogP contribution in [0.5, 0.6) is 40.2 Å². The lowest BCUT2D eigenvalue weighted by atomic mass is 9.92. The highest BCUT2D eigenvalue weighted by Gasteiger charge is 2.43. The lowest BCUT2D eigenvalue weighted by Crippen LogP contribution is -2.40. The fourth-order valence-corrected chi connectivity index (χ4v) is 4.33. The highest BCUT2D eigenvalue weighted by molar-refractivity contribution is 6.07. The third-order valence-corrected chi connectivity index (χ3v) is 6.32. The Morgan fingerprint density at radius 1 is 0.750 bits per heavy atom. The summed E-state index contributed by atoms with van der Waals surface area (Å²) in [5.74, 6) is 1.32. The second kappa shape index (κ2) is 12.3. The molecule has 2 atom stereocenters. The number of hydrogen-bond donors (Lipinski definition) is 0. The molecule has 3 aromatic carbocycles. The van der Waals surface area contributed by atoms with Crippen LogP contribution in [0.15, 0.2) is 54.6 Å². The summed E-state index contributed by atoms with van der Waals surface area (Å²) in [5.41, 5.74) is 1.32. The van der Waals surface area contributed by atoms with Gasteiger partial charge in [0.15, 0.2) is 17.6 Å². The number of ether oxygens (including phenoxy) is 8. The van der Waals surface area contributed by atoms with Crippen LogP contribution >= 0.6 is 0 Å². The number of fused-ring (bicyclic) bond motifs is 1. The summed E-state index contributed by atoms with van der Waals surface area (Å²) in [6, 6.07) is 13.5. The normalized spacial score (nSPS) is 16.0. The van der Waals surface area contributed by atoms with Gasteiger partial charge in [-0.15, -0.1) is 0 Å². The van der Waals surface area contributed by atoms with Gasteiger partial charge in [0.25, 0.3) is 0 Å². The average molecular weight is 551 g/mol. The van der Waals surface area contributed by atoms with E-state index >= 15 is 0 Å². The number of carbonyl (C=O) groups excluding carboxylic acids is 2. The first-order valence-corrected chi connectivity index (χ1v) is 12.2. The molecule has 4 rings (SSSR count). The predicted octanol–water partition coefficient (Wildman–Crippen LogP) is 4.68. The minimum absolute atomic E-state index is 0.129. The van der Waals surface area contributed by atoms with Gasteiger partial charge in [0.1, 0.15) is 28.6 Å². The quantitative estimate of drug-likeness (QED) is 0.261. The van der Waals surface area contributed by atoms with Crippen LogP contribution in [0.25, 0.3) is 6.08 Å². The van der Waals surface area contributed by atoms with Crippen LogP contribution in [0, 0.1) is 0 Å². The standard InChI is InChI=1S/C30H30O10/c1-33-19-10-7-17(8-11-19)9-12-25(31)40-30-27(32)26-21(35-3)15-20(34-2)16-22(26)39-28(30)18-13-23(36-4)29(38-6)24(14-18)37-5/h7-16,28,30H,1-6H3/b12-9+/t28-,30+/m1/s1. The molecular weight excluding hydrogens is 520 g/mol. The average Bonchev–Trinajstić information content (AvgIpc) is 2.99. The van der Waals surface area contributed by atoms with E-state index in [1.807, 2.05) is 0 Å². The van der Waals surface area contributed by atoms with E-state index in [1.54, 1.807) is 61.7 Å². The molecule has 3 aromatic rings. The first-order valence-electron chi connectivity index (χ1n) is 12.2. The molecule has 0 amide bonds. The monoisotopic (exact) mass is 550 g/mol. The van der Waals surface area contributed by atoms with Crippen LogP contribution in [-0.2, 0) is 9.53 Å². The van der Waals surface area contributed by atoms with Crippen molar-refractivity contribution in [3.63, 3.8) is 0 Å². The van der Waals surface area contributed by atoms with Gasteiger partial charge in [0, 0.05) is 23.8 Å². The van der Waals surface area contributed by atoms with Crippen LogP contribution in [0.2, 0.25) is 0 Å². The summed E-state index contributed by atoms with van der Waals surface area (Å²) in [7, 11) is 8.91. The van der Waals surface area contributed by atoms with E-state index in [0.29, 0.717) is 34.3 Å². The van der Waals surface area contributed by atoms with Crippen molar-refractivity contribution in [2.75, 3.05) is 42.7 Å². The van der Waals surface area contributed by atoms with Crippen LogP contribution in [0.1, 0.15) is 27.6 Å². The third-order valence-electron chi connectivity index (χ3n) is 6.32. The van der Waals surface area contributed by atoms with Crippen molar-refractivity contribution in [1.82, 2.24) is 0 Å². The van der Waals surface area contributed by atoms with Crippen molar-refractivity contribution < 1.29 is 47.5 Å². The molecule has 10 nitrogen and oxygen atoms in total. The van der Waals surface area contributed by atoms with Gasteiger partial charge in [0.2, 0.25) is 17.6 Å². The smallest absolute Gasteiger partial charge is 0.331 e. The largest absolute Gasteiger partial charge is 0.497 e. The Kier molecular flexibility index (Phi) is 8.68. The number of hydrogen-bond acceptors (Lipinski definition) is 10. The molecule has 0 saturated carbocycles. The molecule has 0 bridgehead atoms. The summed E-state index contributed by atoms with van der Waals surface area (Å²) in [5, 5.41) is 0. The number of methoxy groups -OCH3 is 6. The molecule has 0 N–H and O–H groups in total. The number of Topliss-reactive ketones (excluding diaryl/α,β-unsaturated/α-hetero) is 1. The molecule has 210 valence electrons. The Balaban J connectivity index is 1.76. The van der Waals surface area contributed by atoms with Crippen molar-refractivity contribution in [3.8, 4) is 40.2 Å². The van der Waals surface area contributed by atoms with Crippen LogP contribution in [-0.4, -0.2) is 60.5 Å². The molecule has 0 unspecified atom stereocenters. The van der Waals surface area contributed by atoms with Crippen molar-refractivity contribution in [2.24, 2.45) is 0 Å². The van der Waals surface area contributed by atoms with Crippen molar-refractivity contribution in [3.05, 3.63) is 71.3 Å². The SMILES string of the molecule is COc1ccc(/C=C/C(=O)O[C@H]2C(=O)c3c(OC)cc(OC)cc3O[C@@H]2c2cc(OC)c(OC)c(OC)c2)cc1. The maximum atomic E-state index is 13.9. The zero-order valence-electron chi connectivity index (χ0n) is 23.0. The molecule has 0 aromatic heterocycles. The Morgan fingerprint density at radius 2 is 1.38 bits per heavy atom. The highest BCUT2D eigenvalue weighted by atomic mass is 16.6. The zero-order valence-corrected chi connectivity index (χ0v) is 23.0. The maximum absolute atomic E-state index is 13.9. The lowest BCUT2D eigenvalue weighted by molar-refractivity contribution is -0.145. The summed E-state index contributed by atoms with van der Waals surface area (Å²) in [6.45, 7) is 0. The summed E-state index contributed by atoms with van der Waals surface area (Å²) in [6.07, 6.45) is 0.376. The Morgan fingerprint density at radius 3 is 1.93 bits per heavy atom. The number of esters is 1. The van der Waals surface area contributed by atoms with Gasteiger partial charge in [-0.05, 0) is 35.9 Å². The molecule has 1 heterocycles. The molecule has 0 saturated heterocycles. The summed E-state index contributed by atoms with van der Waals surface area (Å²) < 4.78 is 44.4. The number of carbonyl (C=O) groups is 2. The molecule has 10 heteroatoms. The van der Waals surface area contributed by atoms with E-state index in [0.717, 1.165) is 5.56 Å². The van der Waals surface area contributed by atoms with Crippen molar-refractivity contribution >= 4 is 17.8 Å². The van der Waals surface area contributed by atoms with Gasteiger partial charge in [-0.1, -0.05) is 12.1 Å². The van der Waals surface area contributed by atoms with Crippen molar-refractivity contribution in [1.29, 1.82) is 0 Å². The molecule has 0 aliphatic carbocycles. The van der Waals surface area contributed by atoms with Gasteiger partial charge < -0.3 is 37.9 Å². The van der Waals surface area contributed by atoms with Gasteiger partial charge >= 0.3 is 5.97 Å². The number of rotatable bonds is 10. The van der Waals surface area contributed by atoms with Gasteiger partial charge in [0.05, 0.1) is 42.7 Å². The maximum Gasteiger partial charge on any atom is 0.331 e. The second-order valence-electron chi connectivity index (χ2n) is 8.53. The first kappa shape index (κ1) is 28.2. The van der Waals surface area contributed by atoms with E-state index in [2.05, 4.69) is 0 Å². The second-order valence-corrected chi connectivity index (χ2v) is 8.53. The van der Waals surface area contributed by atoms with E-state index in [1.165, 1.54) is 41.6 Å². The van der Waals surface area contributed by atoms with Gasteiger partial charge in [-0.3, -0.25) is 4.79 Å². The topological polar surface area (TPSA) is 108 Å². The van der Waals surface area contributed by atoms with Gasteiger partial charge in [-0.25, -0.2) is 4.79 Å². The van der Waals surface area contributed by atoms with E-state index in [4.69, 9.17) is 37.9 Å². The number of benzene rings is 3. The molecule has 0 radical (unpaired) electrons. The van der Waals surface area contributed by atoms with Crippen LogP contribution < -0.4 is 33.2 Å². The zero-order chi connectivity index (χ0) is 28.8. The first-order chi connectivity index (χ1) is 19.4. The minimum Gasteiger partial charge on any atom is -0.497 e. The molecule has 0 fully saturated rings. The van der Waals surface area contributed by atoms with E-state index in [9.17, 15) is 9.59 Å². The molecular formula is C30H30O10. The van der Waals surface area contributed by atoms with Gasteiger partial charge in [-0.2, -0.15) is 0 Å². The fourth-order valence-electron chi connectivity index (χ4n) is 4.33. The van der Waals surface area contributed by atoms with E-state index < -0.39 is 24.0 Å². The molecule has 0 spiro atoms. The Labute approximate surface area is 231 Å². The van der Waals surface area contributed by atoms with Crippen molar-refractivity contribution in [2.45, 2.75) is 12.2 Å². The lowest BCUT2D eigenvalue weighted by Gasteiger charge is -2.33. The predicted molar refractivity (Wildman–Crippen MR) is 145 cm³/mol.